The number of benzene rings is 1. The van der Waals surface area contributed by atoms with Crippen molar-refractivity contribution in [1.29, 1.82) is 0 Å². The van der Waals surface area contributed by atoms with Gasteiger partial charge < -0.3 is 0 Å². The van der Waals surface area contributed by atoms with Crippen LogP contribution >= 0.6 is 0 Å². The summed E-state index contributed by atoms with van der Waals surface area (Å²) < 4.78 is 0. The fourth-order valence-corrected chi connectivity index (χ4v) is 1.94. The van der Waals surface area contributed by atoms with Gasteiger partial charge in [0.1, 0.15) is 5.78 Å². The second kappa shape index (κ2) is 5.32. The quantitative estimate of drug-likeness (QED) is 0.541. The number of ketones is 1. The van der Waals surface area contributed by atoms with Gasteiger partial charge in [-0.15, -0.1) is 18.9 Å². The lowest BCUT2D eigenvalue weighted by molar-refractivity contribution is -0.122. The first-order chi connectivity index (χ1) is 7.67. The van der Waals surface area contributed by atoms with Crippen LogP contribution in [0.15, 0.2) is 43.0 Å². The number of hydrogen-bond acceptors (Lipinski definition) is 1. The van der Waals surface area contributed by atoms with E-state index in [2.05, 4.69) is 12.5 Å². The summed E-state index contributed by atoms with van der Waals surface area (Å²) in [7, 11) is 0. The van der Waals surface area contributed by atoms with Crippen molar-refractivity contribution in [3.8, 4) is 12.3 Å². The van der Waals surface area contributed by atoms with Crippen LogP contribution in [0.2, 0.25) is 0 Å². The van der Waals surface area contributed by atoms with Gasteiger partial charge in [-0.05, 0) is 18.9 Å². The molecule has 0 saturated heterocycles. The zero-order valence-electron chi connectivity index (χ0n) is 9.57. The fourth-order valence-electron chi connectivity index (χ4n) is 1.94. The van der Waals surface area contributed by atoms with E-state index in [1.807, 2.05) is 30.3 Å². The number of allylic oxidation sites excluding steroid dienone is 1. The number of rotatable bonds is 5. The molecule has 0 saturated carbocycles. The molecule has 0 fully saturated rings. The van der Waals surface area contributed by atoms with Gasteiger partial charge in [0.25, 0.3) is 0 Å². The van der Waals surface area contributed by atoms with E-state index in [1.165, 1.54) is 0 Å². The number of carbonyl (C=O) groups excluding carboxylic acids is 1. The predicted octanol–water partition coefficient (Wildman–Crippen LogP) is 3.11. The van der Waals surface area contributed by atoms with E-state index in [9.17, 15) is 4.79 Å². The van der Waals surface area contributed by atoms with Gasteiger partial charge in [-0.25, -0.2) is 0 Å². The molecule has 1 unspecified atom stereocenters. The molecule has 0 spiro atoms. The standard InChI is InChI=1S/C15H16O/c1-4-11-15(12-5-2,13(3)16)14-9-7-6-8-10-14/h1,5-10H,2,11-12H2,3H3. The number of Topliss-reactive ketones (excluding diaryl/α,β-unsaturated/α-hetero) is 1. The molecule has 0 bridgehead atoms. The van der Waals surface area contributed by atoms with Crippen molar-refractivity contribution in [2.24, 2.45) is 0 Å². The molecule has 0 aliphatic heterocycles. The summed E-state index contributed by atoms with van der Waals surface area (Å²) in [5.74, 6) is 2.70. The molecule has 1 aromatic carbocycles. The second-order valence-electron chi connectivity index (χ2n) is 3.88. The Bertz CT molecular complexity index is 411. The Labute approximate surface area is 97.2 Å². The molecule has 0 aliphatic rings. The molecular formula is C15H16O. The van der Waals surface area contributed by atoms with E-state index in [4.69, 9.17) is 6.42 Å². The summed E-state index contributed by atoms with van der Waals surface area (Å²) in [6.45, 7) is 5.31. The number of terminal acetylenes is 1. The average molecular weight is 212 g/mol. The van der Waals surface area contributed by atoms with E-state index in [-0.39, 0.29) is 5.78 Å². The van der Waals surface area contributed by atoms with Crippen LogP contribution < -0.4 is 0 Å². The highest BCUT2D eigenvalue weighted by molar-refractivity contribution is 5.88. The molecule has 0 amide bonds. The van der Waals surface area contributed by atoms with Crippen LogP contribution in [-0.2, 0) is 10.2 Å². The SMILES string of the molecule is C#CCC(CC=C)(C(C)=O)c1ccccc1. The Morgan fingerprint density at radius 1 is 1.50 bits per heavy atom. The van der Waals surface area contributed by atoms with E-state index in [0.717, 1.165) is 5.56 Å². The molecule has 1 nitrogen and oxygen atoms in total. The highest BCUT2D eigenvalue weighted by atomic mass is 16.1. The van der Waals surface area contributed by atoms with Crippen molar-refractivity contribution >= 4 is 5.78 Å². The van der Waals surface area contributed by atoms with E-state index < -0.39 is 5.41 Å². The summed E-state index contributed by atoms with van der Waals surface area (Å²) in [5.41, 5.74) is 0.373. The van der Waals surface area contributed by atoms with Gasteiger partial charge in [-0.1, -0.05) is 36.4 Å². The summed E-state index contributed by atoms with van der Waals surface area (Å²) in [5, 5.41) is 0. The Morgan fingerprint density at radius 2 is 2.12 bits per heavy atom. The Hall–Kier alpha value is -1.81. The van der Waals surface area contributed by atoms with Crippen LogP contribution in [0, 0.1) is 12.3 Å². The van der Waals surface area contributed by atoms with Gasteiger partial charge in [0.15, 0.2) is 0 Å². The van der Waals surface area contributed by atoms with Gasteiger partial charge >= 0.3 is 0 Å². The topological polar surface area (TPSA) is 17.1 Å². The molecule has 0 aliphatic carbocycles. The smallest absolute Gasteiger partial charge is 0.141 e. The van der Waals surface area contributed by atoms with Crippen molar-refractivity contribution in [3.05, 3.63) is 48.6 Å². The highest BCUT2D eigenvalue weighted by Gasteiger charge is 2.35. The third-order valence-corrected chi connectivity index (χ3v) is 2.90. The molecule has 0 aromatic heterocycles. The predicted molar refractivity (Wildman–Crippen MR) is 67.1 cm³/mol. The van der Waals surface area contributed by atoms with Crippen LogP contribution in [0.25, 0.3) is 0 Å². The minimum Gasteiger partial charge on any atom is -0.299 e. The Morgan fingerprint density at radius 3 is 2.56 bits per heavy atom. The molecule has 0 N–H and O–H groups in total. The van der Waals surface area contributed by atoms with Crippen molar-refractivity contribution in [2.45, 2.75) is 25.2 Å². The first kappa shape index (κ1) is 12.3. The Balaban J connectivity index is 3.27. The normalized spacial score (nSPS) is 13.5. The van der Waals surface area contributed by atoms with Gasteiger partial charge in [0.05, 0.1) is 5.41 Å². The second-order valence-corrected chi connectivity index (χ2v) is 3.88. The minimum atomic E-state index is -0.599. The third-order valence-electron chi connectivity index (χ3n) is 2.90. The maximum absolute atomic E-state index is 11.9. The average Bonchev–Trinajstić information content (AvgIpc) is 2.29. The monoisotopic (exact) mass is 212 g/mol. The fraction of sp³-hybridized carbons (Fsp3) is 0.267. The van der Waals surface area contributed by atoms with Crippen molar-refractivity contribution in [2.75, 3.05) is 0 Å². The van der Waals surface area contributed by atoms with Gasteiger partial charge in [0, 0.05) is 6.42 Å². The molecular weight excluding hydrogens is 196 g/mol. The molecule has 1 atom stereocenters. The summed E-state index contributed by atoms with van der Waals surface area (Å²) in [4.78, 5) is 11.9. The maximum atomic E-state index is 11.9. The molecule has 16 heavy (non-hydrogen) atoms. The number of carbonyl (C=O) groups is 1. The Kier molecular flexibility index (Phi) is 4.08. The molecule has 1 rings (SSSR count). The molecule has 1 aromatic rings. The van der Waals surface area contributed by atoms with Crippen molar-refractivity contribution < 1.29 is 4.79 Å². The third kappa shape index (κ3) is 2.23. The molecule has 0 heterocycles. The zero-order chi connectivity index (χ0) is 12.0. The maximum Gasteiger partial charge on any atom is 0.141 e. The zero-order valence-corrected chi connectivity index (χ0v) is 9.57. The van der Waals surface area contributed by atoms with Crippen LogP contribution in [-0.4, -0.2) is 5.78 Å². The van der Waals surface area contributed by atoms with Crippen LogP contribution in [0.5, 0.6) is 0 Å². The first-order valence-electron chi connectivity index (χ1n) is 5.28. The lowest BCUT2D eigenvalue weighted by Crippen LogP contribution is -2.33. The lowest BCUT2D eigenvalue weighted by Gasteiger charge is -2.28. The van der Waals surface area contributed by atoms with Gasteiger partial charge in [-0.3, -0.25) is 4.79 Å². The van der Waals surface area contributed by atoms with Crippen LogP contribution in [0.4, 0.5) is 0 Å². The van der Waals surface area contributed by atoms with Gasteiger partial charge in [0.2, 0.25) is 0 Å². The largest absolute Gasteiger partial charge is 0.299 e. The van der Waals surface area contributed by atoms with Gasteiger partial charge in [-0.2, -0.15) is 0 Å². The summed E-state index contributed by atoms with van der Waals surface area (Å²) in [6, 6.07) is 9.67. The number of hydrogen-bond donors (Lipinski definition) is 0. The van der Waals surface area contributed by atoms with E-state index >= 15 is 0 Å². The first-order valence-corrected chi connectivity index (χ1v) is 5.28. The minimum absolute atomic E-state index is 0.0940. The van der Waals surface area contributed by atoms with E-state index in [1.54, 1.807) is 13.0 Å². The lowest BCUT2D eigenvalue weighted by atomic mass is 9.72. The molecule has 1 heteroatoms. The highest BCUT2D eigenvalue weighted by Crippen LogP contribution is 2.32. The van der Waals surface area contributed by atoms with Crippen molar-refractivity contribution in [3.63, 3.8) is 0 Å². The van der Waals surface area contributed by atoms with E-state index in [0.29, 0.717) is 12.8 Å². The van der Waals surface area contributed by atoms with Crippen molar-refractivity contribution in [1.82, 2.24) is 0 Å². The van der Waals surface area contributed by atoms with Crippen LogP contribution in [0.1, 0.15) is 25.3 Å². The summed E-state index contributed by atoms with van der Waals surface area (Å²) in [6.07, 6.45) is 8.13. The molecule has 82 valence electrons. The van der Waals surface area contributed by atoms with Crippen LogP contribution in [0.3, 0.4) is 0 Å². The summed E-state index contributed by atoms with van der Waals surface area (Å²) >= 11 is 0. The molecule has 0 radical (unpaired) electrons.